The largest absolute Gasteiger partial charge is 0.459 e. The highest BCUT2D eigenvalue weighted by Crippen LogP contribution is 2.36. The minimum absolute atomic E-state index is 0.227. The number of ether oxygens (including phenoxy) is 1. The summed E-state index contributed by atoms with van der Waals surface area (Å²) in [6.07, 6.45) is 2.22. The molecule has 1 aromatic carbocycles. The molecule has 1 aromatic rings. The summed E-state index contributed by atoms with van der Waals surface area (Å²) in [6.45, 7) is 6.31. The summed E-state index contributed by atoms with van der Waals surface area (Å²) in [4.78, 5) is 12.4. The molecule has 3 nitrogen and oxygen atoms in total. The summed E-state index contributed by atoms with van der Waals surface area (Å²) in [5.74, 6) is -0.00744. The van der Waals surface area contributed by atoms with Crippen LogP contribution in [0.3, 0.4) is 0 Å². The zero-order chi connectivity index (χ0) is 17.7. The predicted molar refractivity (Wildman–Crippen MR) is 90.8 cm³/mol. The monoisotopic (exact) mass is 331 g/mol. The first-order valence-electron chi connectivity index (χ1n) is 8.71. The van der Waals surface area contributed by atoms with E-state index in [1.165, 1.54) is 6.07 Å². The number of rotatable bonds is 5. The maximum Gasteiger partial charge on any atom is 0.359 e. The molecule has 1 aliphatic carbocycles. The summed E-state index contributed by atoms with van der Waals surface area (Å²) in [5, 5.41) is 9.25. The van der Waals surface area contributed by atoms with Gasteiger partial charge in [-0.15, -0.1) is 0 Å². The third-order valence-corrected chi connectivity index (χ3v) is 5.01. The molecule has 0 bridgehead atoms. The van der Waals surface area contributed by atoms with Gasteiger partial charge in [0.1, 0.15) is 12.2 Å². The van der Waals surface area contributed by atoms with Crippen LogP contribution in [-0.4, -0.2) is 17.7 Å². The second-order valence-electron chi connectivity index (χ2n) is 7.35. The Morgan fingerprint density at radius 1 is 1.38 bits per heavy atom. The summed E-state index contributed by atoms with van der Waals surface area (Å²) in [7, 11) is 0. The second-order valence-corrected chi connectivity index (χ2v) is 7.35. The van der Waals surface area contributed by atoms with E-state index in [0.29, 0.717) is 17.4 Å². The zero-order valence-corrected chi connectivity index (χ0v) is 14.7. The zero-order valence-electron chi connectivity index (χ0n) is 14.7. The van der Waals surface area contributed by atoms with Crippen molar-refractivity contribution in [3.63, 3.8) is 0 Å². The summed E-state index contributed by atoms with van der Waals surface area (Å²) in [5.41, 5.74) is -2.03. The Labute approximate surface area is 143 Å². The average molecular weight is 331 g/mol. The molecule has 4 atom stereocenters. The van der Waals surface area contributed by atoms with Gasteiger partial charge in [0, 0.05) is 6.42 Å². The standard InChI is InChI=1S/C20H26FNO2/c1-14(2)17-10-9-15(3)11-18(17)24-19(23)20(21,13-22)12-16-7-5-4-6-8-16/h4-8,14-15,17-18H,9-12H2,1-3H3. The lowest BCUT2D eigenvalue weighted by molar-refractivity contribution is -0.166. The molecule has 0 radical (unpaired) electrons. The lowest BCUT2D eigenvalue weighted by atomic mass is 9.75. The maximum absolute atomic E-state index is 14.9. The van der Waals surface area contributed by atoms with Crippen LogP contribution in [0.2, 0.25) is 0 Å². The third-order valence-electron chi connectivity index (χ3n) is 5.01. The average Bonchev–Trinajstić information content (AvgIpc) is 2.55. The van der Waals surface area contributed by atoms with E-state index in [1.807, 2.05) is 6.07 Å². The molecule has 0 saturated heterocycles. The highest BCUT2D eigenvalue weighted by molar-refractivity contribution is 5.83. The van der Waals surface area contributed by atoms with Gasteiger partial charge in [-0.25, -0.2) is 9.18 Å². The molecule has 0 N–H and O–H groups in total. The molecule has 4 unspecified atom stereocenters. The van der Waals surface area contributed by atoms with Gasteiger partial charge in [0.2, 0.25) is 0 Å². The van der Waals surface area contributed by atoms with E-state index >= 15 is 0 Å². The fourth-order valence-electron chi connectivity index (χ4n) is 3.52. The number of alkyl halides is 1. The Morgan fingerprint density at radius 2 is 2.04 bits per heavy atom. The summed E-state index contributed by atoms with van der Waals surface area (Å²) >= 11 is 0. The van der Waals surface area contributed by atoms with Gasteiger partial charge < -0.3 is 4.74 Å². The van der Waals surface area contributed by atoms with E-state index in [1.54, 1.807) is 24.3 Å². The Kier molecular flexibility index (Phi) is 5.99. The van der Waals surface area contributed by atoms with Gasteiger partial charge >= 0.3 is 5.97 Å². The van der Waals surface area contributed by atoms with Crippen LogP contribution in [0, 0.1) is 29.1 Å². The van der Waals surface area contributed by atoms with Crippen molar-refractivity contribution in [2.45, 2.75) is 58.2 Å². The smallest absolute Gasteiger partial charge is 0.359 e. The van der Waals surface area contributed by atoms with E-state index in [0.717, 1.165) is 19.3 Å². The van der Waals surface area contributed by atoms with E-state index in [2.05, 4.69) is 20.8 Å². The number of carbonyl (C=O) groups is 1. The number of carbonyl (C=O) groups excluding carboxylic acids is 1. The molecular weight excluding hydrogens is 305 g/mol. The lowest BCUT2D eigenvalue weighted by Crippen LogP contribution is -2.43. The van der Waals surface area contributed by atoms with Gasteiger partial charge in [-0.05, 0) is 36.2 Å². The quantitative estimate of drug-likeness (QED) is 0.748. The van der Waals surface area contributed by atoms with Crippen molar-refractivity contribution in [1.29, 1.82) is 5.26 Å². The lowest BCUT2D eigenvalue weighted by Gasteiger charge is -2.37. The van der Waals surface area contributed by atoms with Crippen molar-refractivity contribution in [1.82, 2.24) is 0 Å². The van der Waals surface area contributed by atoms with Crippen LogP contribution < -0.4 is 0 Å². The van der Waals surface area contributed by atoms with Gasteiger partial charge in [0.25, 0.3) is 5.67 Å². The predicted octanol–water partition coefficient (Wildman–Crippen LogP) is 4.46. The number of halogens is 1. The van der Waals surface area contributed by atoms with Crippen molar-refractivity contribution in [3.05, 3.63) is 35.9 Å². The van der Waals surface area contributed by atoms with Crippen LogP contribution >= 0.6 is 0 Å². The van der Waals surface area contributed by atoms with Crippen LogP contribution in [0.25, 0.3) is 0 Å². The van der Waals surface area contributed by atoms with Crippen LogP contribution in [0.4, 0.5) is 4.39 Å². The maximum atomic E-state index is 14.9. The molecule has 130 valence electrons. The molecule has 1 fully saturated rings. The first kappa shape index (κ1) is 18.4. The van der Waals surface area contributed by atoms with Crippen LogP contribution in [-0.2, 0) is 16.0 Å². The topological polar surface area (TPSA) is 50.1 Å². The van der Waals surface area contributed by atoms with Crippen LogP contribution in [0.1, 0.15) is 45.6 Å². The number of hydrogen-bond donors (Lipinski definition) is 0. The Balaban J connectivity index is 2.11. The fraction of sp³-hybridized carbons (Fsp3) is 0.600. The van der Waals surface area contributed by atoms with Crippen LogP contribution in [0.15, 0.2) is 30.3 Å². The number of nitriles is 1. The molecule has 1 aliphatic rings. The molecule has 2 rings (SSSR count). The number of esters is 1. The number of hydrogen-bond acceptors (Lipinski definition) is 3. The minimum Gasteiger partial charge on any atom is -0.459 e. The summed E-state index contributed by atoms with van der Waals surface area (Å²) in [6, 6.07) is 10.3. The molecule has 0 amide bonds. The molecule has 1 saturated carbocycles. The van der Waals surface area contributed by atoms with Gasteiger partial charge in [-0.2, -0.15) is 5.26 Å². The molecule has 0 aromatic heterocycles. The second kappa shape index (κ2) is 7.79. The first-order chi connectivity index (χ1) is 11.4. The third kappa shape index (κ3) is 4.35. The van der Waals surface area contributed by atoms with Crippen molar-refractivity contribution in [2.75, 3.05) is 0 Å². The van der Waals surface area contributed by atoms with Gasteiger partial charge in [0.05, 0.1) is 0 Å². The molecular formula is C20H26FNO2. The van der Waals surface area contributed by atoms with Crippen LogP contribution in [0.5, 0.6) is 0 Å². The Bertz CT molecular complexity index is 595. The first-order valence-corrected chi connectivity index (χ1v) is 8.71. The van der Waals surface area contributed by atoms with Gasteiger partial charge in [-0.1, -0.05) is 57.5 Å². The fourth-order valence-corrected chi connectivity index (χ4v) is 3.52. The van der Waals surface area contributed by atoms with Crippen molar-refractivity contribution < 1.29 is 13.9 Å². The molecule has 0 heterocycles. The Hall–Kier alpha value is -1.89. The molecule has 0 aliphatic heterocycles. The normalized spacial score (nSPS) is 26.4. The Morgan fingerprint density at radius 3 is 2.62 bits per heavy atom. The van der Waals surface area contributed by atoms with E-state index < -0.39 is 11.6 Å². The van der Waals surface area contributed by atoms with Crippen molar-refractivity contribution in [3.8, 4) is 6.07 Å². The van der Waals surface area contributed by atoms with Crippen molar-refractivity contribution in [2.24, 2.45) is 17.8 Å². The molecule has 24 heavy (non-hydrogen) atoms. The van der Waals surface area contributed by atoms with E-state index in [9.17, 15) is 14.4 Å². The summed E-state index contributed by atoms with van der Waals surface area (Å²) < 4.78 is 20.5. The number of benzene rings is 1. The molecule has 0 spiro atoms. The minimum atomic E-state index is -2.64. The highest BCUT2D eigenvalue weighted by atomic mass is 19.1. The highest BCUT2D eigenvalue weighted by Gasteiger charge is 2.44. The van der Waals surface area contributed by atoms with Crippen molar-refractivity contribution >= 4 is 5.97 Å². The molecule has 4 heteroatoms. The van der Waals surface area contributed by atoms with E-state index in [4.69, 9.17) is 4.74 Å². The van der Waals surface area contributed by atoms with Gasteiger partial charge in [0.15, 0.2) is 0 Å². The van der Waals surface area contributed by atoms with Gasteiger partial charge in [-0.3, -0.25) is 0 Å². The number of nitrogens with zero attached hydrogens (tertiary/aromatic N) is 1. The van der Waals surface area contributed by atoms with E-state index in [-0.39, 0.29) is 18.4 Å². The SMILES string of the molecule is CC1CCC(C(C)C)C(OC(=O)C(F)(C#N)Cc2ccccc2)C1.